The van der Waals surface area contributed by atoms with Gasteiger partial charge in [-0.3, -0.25) is 4.99 Å². The summed E-state index contributed by atoms with van der Waals surface area (Å²) in [4.78, 5) is 4.04. The molecule has 0 aromatic heterocycles. The summed E-state index contributed by atoms with van der Waals surface area (Å²) in [5, 5.41) is 0.683. The van der Waals surface area contributed by atoms with E-state index in [1.54, 1.807) is 24.4 Å². The lowest BCUT2D eigenvalue weighted by Gasteiger charge is -2.16. The van der Waals surface area contributed by atoms with Crippen LogP contribution in [0.4, 0.5) is 15.9 Å². The van der Waals surface area contributed by atoms with Gasteiger partial charge in [0.25, 0.3) is 0 Å². The normalized spacial score (nSPS) is 14.8. The molecule has 0 spiro atoms. The maximum atomic E-state index is 12.9. The predicted molar refractivity (Wildman–Crippen MR) is 43.0 cm³/mol. The largest absolute Gasteiger partial charge is 0.257 e. The molecule has 3 heteroatoms. The molecule has 2 rings (SSSR count). The third-order valence-electron chi connectivity index (χ3n) is 1.62. The molecule has 1 aromatic carbocycles. The van der Waals surface area contributed by atoms with Gasteiger partial charge in [0.1, 0.15) is 0 Å². The summed E-state index contributed by atoms with van der Waals surface area (Å²) in [6.07, 6.45) is 1.56. The van der Waals surface area contributed by atoms with Gasteiger partial charge in [-0.15, -0.1) is 0 Å². The highest BCUT2D eigenvalue weighted by molar-refractivity contribution is 5.80. The maximum Gasteiger partial charge on any atom is 0.0948 e. The molecule has 56 valence electrons. The molecule has 2 nitrogen and oxygen atoms in total. The molecular weight excluding hydrogens is 143 g/mol. The number of hydrogen-bond acceptors (Lipinski definition) is 2. The van der Waals surface area contributed by atoms with E-state index in [0.29, 0.717) is 16.5 Å². The van der Waals surface area contributed by atoms with Crippen molar-refractivity contribution in [1.29, 1.82) is 0 Å². The summed E-state index contributed by atoms with van der Waals surface area (Å²) in [5.41, 5.74) is 1.25. The number of rotatable bonds is 0. The Morgan fingerprint density at radius 1 is 1.36 bits per heavy atom. The number of benzene rings is 1. The first kappa shape index (κ1) is 6.34. The quantitative estimate of drug-likeness (QED) is 0.517. The molecule has 11 heavy (non-hydrogen) atoms. The minimum Gasteiger partial charge on any atom is -0.257 e. The second-order valence-electron chi connectivity index (χ2n) is 2.35. The monoisotopic (exact) mass is 150 g/mol. The lowest BCUT2D eigenvalue weighted by Crippen LogP contribution is -2.17. The molecule has 1 aromatic rings. The van der Waals surface area contributed by atoms with Crippen molar-refractivity contribution in [3.05, 3.63) is 24.3 Å². The van der Waals surface area contributed by atoms with Crippen LogP contribution in [0, 0.1) is 0 Å². The fourth-order valence-corrected chi connectivity index (χ4v) is 1.09. The summed E-state index contributed by atoms with van der Waals surface area (Å²) in [6, 6.07) is 7.14. The zero-order valence-electron chi connectivity index (χ0n) is 5.87. The molecule has 0 amide bonds. The number of aliphatic imine (C=N–C) groups is 1. The van der Waals surface area contributed by atoms with Crippen molar-refractivity contribution in [2.45, 2.75) is 0 Å². The molecule has 0 fully saturated rings. The molecular formula is C8H7FN2. The van der Waals surface area contributed by atoms with Crippen molar-refractivity contribution in [2.24, 2.45) is 4.99 Å². The van der Waals surface area contributed by atoms with Crippen LogP contribution in [0.5, 0.6) is 0 Å². The van der Waals surface area contributed by atoms with Gasteiger partial charge in [-0.05, 0) is 12.1 Å². The van der Waals surface area contributed by atoms with E-state index in [9.17, 15) is 4.48 Å². The van der Waals surface area contributed by atoms with Crippen molar-refractivity contribution < 1.29 is 4.48 Å². The SMILES string of the molecule is FN1CC=Nc2ccccc21. The van der Waals surface area contributed by atoms with Gasteiger partial charge in [-0.2, -0.15) is 0 Å². The average Bonchev–Trinajstić information content (AvgIpc) is 2.06. The Balaban J connectivity index is 2.54. The topological polar surface area (TPSA) is 15.6 Å². The lowest BCUT2D eigenvalue weighted by atomic mass is 10.2. The van der Waals surface area contributed by atoms with Gasteiger partial charge in [0.2, 0.25) is 0 Å². The van der Waals surface area contributed by atoms with Crippen molar-refractivity contribution in [2.75, 3.05) is 11.7 Å². The highest BCUT2D eigenvalue weighted by Gasteiger charge is 2.11. The highest BCUT2D eigenvalue weighted by atomic mass is 19.2. The van der Waals surface area contributed by atoms with Crippen LogP contribution in [0.2, 0.25) is 0 Å². The van der Waals surface area contributed by atoms with Gasteiger partial charge in [0.15, 0.2) is 0 Å². The Kier molecular flexibility index (Phi) is 1.35. The maximum absolute atomic E-state index is 12.9. The molecule has 1 aliphatic heterocycles. The second kappa shape index (κ2) is 2.34. The van der Waals surface area contributed by atoms with Crippen LogP contribution in [-0.2, 0) is 0 Å². The number of hydrogen-bond donors (Lipinski definition) is 0. The van der Waals surface area contributed by atoms with Crippen LogP contribution in [0.15, 0.2) is 29.3 Å². The zero-order chi connectivity index (χ0) is 7.68. The van der Waals surface area contributed by atoms with E-state index < -0.39 is 0 Å². The van der Waals surface area contributed by atoms with Crippen molar-refractivity contribution in [1.82, 2.24) is 0 Å². The van der Waals surface area contributed by atoms with E-state index in [1.807, 2.05) is 6.07 Å². The summed E-state index contributed by atoms with van der Waals surface area (Å²) in [5.74, 6) is 0. The molecule has 1 aliphatic rings. The molecule has 0 aliphatic carbocycles. The molecule has 0 bridgehead atoms. The van der Waals surface area contributed by atoms with Crippen LogP contribution < -0.4 is 5.12 Å². The van der Waals surface area contributed by atoms with Crippen molar-refractivity contribution in [3.63, 3.8) is 0 Å². The van der Waals surface area contributed by atoms with Crippen molar-refractivity contribution in [3.8, 4) is 0 Å². The Morgan fingerprint density at radius 3 is 3.00 bits per heavy atom. The van der Waals surface area contributed by atoms with Gasteiger partial charge in [0.05, 0.1) is 17.9 Å². The first-order valence-corrected chi connectivity index (χ1v) is 3.43. The van der Waals surface area contributed by atoms with E-state index >= 15 is 0 Å². The van der Waals surface area contributed by atoms with Gasteiger partial charge in [-0.1, -0.05) is 16.6 Å². The fourth-order valence-electron chi connectivity index (χ4n) is 1.09. The standard InChI is InChI=1S/C8H7FN2/c9-11-6-5-10-7-3-1-2-4-8(7)11/h1-5H,6H2. The Bertz CT molecular complexity index is 296. The van der Waals surface area contributed by atoms with Crippen molar-refractivity contribution >= 4 is 17.6 Å². The fraction of sp³-hybridized carbons (Fsp3) is 0.125. The zero-order valence-corrected chi connectivity index (χ0v) is 5.87. The van der Waals surface area contributed by atoms with E-state index in [-0.39, 0.29) is 6.54 Å². The van der Waals surface area contributed by atoms with Crippen LogP contribution in [0.1, 0.15) is 0 Å². The Hall–Kier alpha value is -1.38. The number of halogens is 1. The van der Waals surface area contributed by atoms with Gasteiger partial charge >= 0.3 is 0 Å². The minimum absolute atomic E-state index is 0.247. The van der Waals surface area contributed by atoms with Crippen LogP contribution in [0.25, 0.3) is 0 Å². The Labute approximate surface area is 63.9 Å². The summed E-state index contributed by atoms with van der Waals surface area (Å²) in [7, 11) is 0. The van der Waals surface area contributed by atoms with Crippen LogP contribution in [-0.4, -0.2) is 12.8 Å². The molecule has 0 saturated carbocycles. The summed E-state index contributed by atoms with van der Waals surface area (Å²) in [6.45, 7) is 0.247. The van der Waals surface area contributed by atoms with Crippen LogP contribution >= 0.6 is 0 Å². The van der Waals surface area contributed by atoms with Crippen LogP contribution in [0.3, 0.4) is 0 Å². The lowest BCUT2D eigenvalue weighted by molar-refractivity contribution is 0.461. The summed E-state index contributed by atoms with van der Waals surface area (Å²) >= 11 is 0. The average molecular weight is 150 g/mol. The molecule has 0 unspecified atom stereocenters. The smallest absolute Gasteiger partial charge is 0.0948 e. The third kappa shape index (κ3) is 0.981. The first-order chi connectivity index (χ1) is 5.38. The van der Waals surface area contributed by atoms with Gasteiger partial charge in [-0.25, -0.2) is 5.12 Å². The van der Waals surface area contributed by atoms with E-state index in [0.717, 1.165) is 0 Å². The predicted octanol–water partition coefficient (Wildman–Crippen LogP) is 2.09. The molecule has 0 radical (unpaired) electrons. The molecule has 1 heterocycles. The first-order valence-electron chi connectivity index (χ1n) is 3.43. The van der Waals surface area contributed by atoms with E-state index in [2.05, 4.69) is 4.99 Å². The molecule has 0 saturated heterocycles. The number of anilines is 1. The minimum atomic E-state index is 0.247. The second-order valence-corrected chi connectivity index (χ2v) is 2.35. The van der Waals surface area contributed by atoms with Gasteiger partial charge in [0, 0.05) is 6.21 Å². The number of nitrogens with zero attached hydrogens (tertiary/aromatic N) is 2. The Morgan fingerprint density at radius 2 is 2.18 bits per heavy atom. The van der Waals surface area contributed by atoms with Gasteiger partial charge < -0.3 is 0 Å². The number of fused-ring (bicyclic) bond motifs is 1. The molecule has 0 atom stereocenters. The highest BCUT2D eigenvalue weighted by Crippen LogP contribution is 2.30. The molecule has 0 N–H and O–H groups in total. The van der Waals surface area contributed by atoms with E-state index in [1.165, 1.54) is 0 Å². The number of para-hydroxylation sites is 2. The van der Waals surface area contributed by atoms with E-state index in [4.69, 9.17) is 0 Å². The summed E-state index contributed by atoms with van der Waals surface area (Å²) < 4.78 is 12.9. The third-order valence-corrected chi connectivity index (χ3v) is 1.62.